The quantitative estimate of drug-likeness (QED) is 0.378. The maximum Gasteiger partial charge on any atom is 0.407 e. The average molecular weight is 431 g/mol. The summed E-state index contributed by atoms with van der Waals surface area (Å²) < 4.78 is 10.1. The van der Waals surface area contributed by atoms with Crippen molar-refractivity contribution in [1.82, 2.24) is 10.6 Å². The number of nitro groups is 1. The summed E-state index contributed by atoms with van der Waals surface area (Å²) in [6.45, 7) is -0.498. The predicted molar refractivity (Wildman–Crippen MR) is 108 cm³/mol. The lowest BCUT2D eigenvalue weighted by Gasteiger charge is -2.16. The molecule has 164 valence electrons. The molecule has 1 atom stereocenters. The van der Waals surface area contributed by atoms with E-state index in [0.717, 1.165) is 5.56 Å². The van der Waals surface area contributed by atoms with E-state index in [1.807, 2.05) is 6.07 Å². The van der Waals surface area contributed by atoms with E-state index in [4.69, 9.17) is 9.47 Å². The van der Waals surface area contributed by atoms with Gasteiger partial charge in [0, 0.05) is 24.1 Å². The minimum absolute atomic E-state index is 0.0125. The zero-order valence-electron chi connectivity index (χ0n) is 16.6. The minimum Gasteiger partial charge on any atom is -0.496 e. The predicted octanol–water partition coefficient (Wildman–Crippen LogP) is 1.64. The van der Waals surface area contributed by atoms with Crippen molar-refractivity contribution in [3.63, 3.8) is 0 Å². The first-order valence-electron chi connectivity index (χ1n) is 9.08. The molecule has 0 unspecified atom stereocenters. The summed E-state index contributed by atoms with van der Waals surface area (Å²) in [6.07, 6.45) is -1.10. The number of nitrogens with zero attached hydrogens (tertiary/aromatic N) is 1. The lowest BCUT2D eigenvalue weighted by molar-refractivity contribution is -0.384. The van der Waals surface area contributed by atoms with Crippen molar-refractivity contribution in [2.24, 2.45) is 0 Å². The number of alkyl carbamates (subject to hydrolysis) is 1. The molecule has 0 fully saturated rings. The minimum atomic E-state index is -1.40. The number of carbonyl (C=O) groups excluding carboxylic acids is 2. The zero-order chi connectivity index (χ0) is 22.8. The van der Waals surface area contributed by atoms with Crippen LogP contribution in [0.3, 0.4) is 0 Å². The Kier molecular flexibility index (Phi) is 8.31. The number of rotatable bonds is 10. The second kappa shape index (κ2) is 11.1. The van der Waals surface area contributed by atoms with Crippen LogP contribution in [0.15, 0.2) is 48.5 Å². The van der Waals surface area contributed by atoms with Gasteiger partial charge in [0.15, 0.2) is 0 Å². The molecule has 0 saturated carbocycles. The monoisotopic (exact) mass is 431 g/mol. The summed E-state index contributed by atoms with van der Waals surface area (Å²) in [5, 5.41) is 24.9. The van der Waals surface area contributed by atoms with Crippen molar-refractivity contribution in [2.45, 2.75) is 19.1 Å². The Morgan fingerprint density at radius 1 is 1.16 bits per heavy atom. The van der Waals surface area contributed by atoms with Crippen LogP contribution in [0.2, 0.25) is 0 Å². The van der Waals surface area contributed by atoms with Crippen LogP contribution < -0.4 is 15.4 Å². The number of carboxylic acid groups (broad SMARTS) is 1. The van der Waals surface area contributed by atoms with Crippen LogP contribution in [-0.4, -0.2) is 47.7 Å². The van der Waals surface area contributed by atoms with Gasteiger partial charge in [-0.2, -0.15) is 0 Å². The smallest absolute Gasteiger partial charge is 0.407 e. The first kappa shape index (κ1) is 23.1. The molecule has 0 saturated heterocycles. The van der Waals surface area contributed by atoms with Crippen molar-refractivity contribution in [1.29, 1.82) is 0 Å². The zero-order valence-corrected chi connectivity index (χ0v) is 16.6. The third kappa shape index (κ3) is 7.31. The molecular weight excluding hydrogens is 410 g/mol. The maximum absolute atomic E-state index is 12.1. The Bertz CT molecular complexity index is 949. The number of benzene rings is 2. The number of ether oxygens (including phenoxy) is 2. The summed E-state index contributed by atoms with van der Waals surface area (Å²) in [6, 6.07) is 11.3. The fourth-order valence-electron chi connectivity index (χ4n) is 2.63. The van der Waals surface area contributed by atoms with Crippen LogP contribution in [0.4, 0.5) is 10.5 Å². The largest absolute Gasteiger partial charge is 0.496 e. The van der Waals surface area contributed by atoms with Gasteiger partial charge in [-0.15, -0.1) is 0 Å². The molecule has 0 aliphatic rings. The highest BCUT2D eigenvalue weighted by molar-refractivity contribution is 5.86. The lowest BCUT2D eigenvalue weighted by Crippen LogP contribution is -2.46. The summed E-state index contributed by atoms with van der Waals surface area (Å²) >= 11 is 0. The van der Waals surface area contributed by atoms with E-state index in [-0.39, 0.29) is 30.0 Å². The number of carboxylic acids is 1. The van der Waals surface area contributed by atoms with Gasteiger partial charge in [0.1, 0.15) is 24.9 Å². The fraction of sp³-hybridized carbons (Fsp3) is 0.250. The van der Waals surface area contributed by atoms with E-state index in [1.54, 1.807) is 24.3 Å². The van der Waals surface area contributed by atoms with Gasteiger partial charge in [-0.1, -0.05) is 30.3 Å². The summed E-state index contributed by atoms with van der Waals surface area (Å²) in [7, 11) is 1.34. The topological polar surface area (TPSA) is 157 Å². The number of non-ortho nitro benzene ring substituents is 1. The van der Waals surface area contributed by atoms with E-state index in [1.165, 1.54) is 25.3 Å². The maximum atomic E-state index is 12.1. The number of carbonyl (C=O) groups is 3. The molecule has 0 aliphatic heterocycles. The van der Waals surface area contributed by atoms with Gasteiger partial charge in [0.05, 0.1) is 12.0 Å². The SMILES string of the molecule is COc1ccc([N+](=O)[O-])cc1C[C@H](NC(=O)CNC(=O)OCc1ccccc1)C(=O)O. The molecular formula is C20H21N3O8. The van der Waals surface area contributed by atoms with Gasteiger partial charge < -0.3 is 25.2 Å². The molecule has 11 nitrogen and oxygen atoms in total. The van der Waals surface area contributed by atoms with Crippen LogP contribution in [0, 0.1) is 10.1 Å². The number of aliphatic carboxylic acids is 1. The molecule has 3 N–H and O–H groups in total. The van der Waals surface area contributed by atoms with E-state index in [2.05, 4.69) is 10.6 Å². The lowest BCUT2D eigenvalue weighted by atomic mass is 10.0. The Morgan fingerprint density at radius 3 is 2.48 bits per heavy atom. The highest BCUT2D eigenvalue weighted by atomic mass is 16.6. The number of methoxy groups -OCH3 is 1. The van der Waals surface area contributed by atoms with E-state index in [9.17, 15) is 29.6 Å². The Morgan fingerprint density at radius 2 is 1.87 bits per heavy atom. The highest BCUT2D eigenvalue weighted by Gasteiger charge is 2.23. The third-order valence-electron chi connectivity index (χ3n) is 4.14. The van der Waals surface area contributed by atoms with E-state index in [0.29, 0.717) is 0 Å². The van der Waals surface area contributed by atoms with Crippen molar-refractivity contribution in [2.75, 3.05) is 13.7 Å². The molecule has 0 aromatic heterocycles. The number of amides is 2. The Hall–Kier alpha value is -4.15. The first-order valence-corrected chi connectivity index (χ1v) is 9.08. The van der Waals surface area contributed by atoms with Gasteiger partial charge in [-0.05, 0) is 11.6 Å². The second-order valence-corrected chi connectivity index (χ2v) is 6.33. The summed E-state index contributed by atoms with van der Waals surface area (Å²) in [4.78, 5) is 45.7. The molecule has 0 heterocycles. The highest BCUT2D eigenvalue weighted by Crippen LogP contribution is 2.25. The van der Waals surface area contributed by atoms with Gasteiger partial charge in [0.2, 0.25) is 5.91 Å². The van der Waals surface area contributed by atoms with Crippen molar-refractivity contribution in [3.05, 3.63) is 69.8 Å². The summed E-state index contributed by atoms with van der Waals surface area (Å²) in [5.41, 5.74) is 0.757. The molecule has 2 aromatic carbocycles. The van der Waals surface area contributed by atoms with Crippen LogP contribution in [0.25, 0.3) is 0 Å². The van der Waals surface area contributed by atoms with Gasteiger partial charge in [-0.25, -0.2) is 9.59 Å². The molecule has 11 heteroatoms. The molecule has 2 amide bonds. The van der Waals surface area contributed by atoms with Crippen LogP contribution in [0.5, 0.6) is 5.75 Å². The molecule has 2 aromatic rings. The van der Waals surface area contributed by atoms with Crippen molar-refractivity contribution in [3.8, 4) is 5.75 Å². The molecule has 0 spiro atoms. The first-order chi connectivity index (χ1) is 14.8. The molecule has 0 radical (unpaired) electrons. The van der Waals surface area contributed by atoms with E-state index < -0.39 is 35.5 Å². The molecule has 0 aliphatic carbocycles. The van der Waals surface area contributed by atoms with Gasteiger partial charge >= 0.3 is 12.1 Å². The fourth-order valence-corrected chi connectivity index (χ4v) is 2.63. The standard InChI is InChI=1S/C20H21N3O8/c1-30-17-8-7-15(23(28)29)9-14(17)10-16(19(25)26)22-18(24)11-21-20(27)31-12-13-5-3-2-4-6-13/h2-9,16H,10-12H2,1H3,(H,21,27)(H,22,24)(H,25,26)/t16-/m0/s1. The summed E-state index contributed by atoms with van der Waals surface area (Å²) in [5.74, 6) is -1.88. The third-order valence-corrected chi connectivity index (χ3v) is 4.14. The van der Waals surface area contributed by atoms with Crippen molar-refractivity contribution >= 4 is 23.7 Å². The number of nitro benzene ring substituents is 1. The van der Waals surface area contributed by atoms with Crippen LogP contribution in [-0.2, 0) is 27.4 Å². The van der Waals surface area contributed by atoms with E-state index >= 15 is 0 Å². The second-order valence-electron chi connectivity index (χ2n) is 6.33. The molecule has 31 heavy (non-hydrogen) atoms. The number of hydrogen-bond donors (Lipinski definition) is 3. The number of hydrogen-bond acceptors (Lipinski definition) is 7. The van der Waals surface area contributed by atoms with Crippen LogP contribution in [0.1, 0.15) is 11.1 Å². The molecule has 0 bridgehead atoms. The average Bonchev–Trinajstić information content (AvgIpc) is 2.76. The van der Waals surface area contributed by atoms with Gasteiger partial charge in [-0.3, -0.25) is 14.9 Å². The van der Waals surface area contributed by atoms with Crippen molar-refractivity contribution < 1.29 is 33.9 Å². The Labute approximate surface area is 177 Å². The van der Waals surface area contributed by atoms with Crippen LogP contribution >= 0.6 is 0 Å². The van der Waals surface area contributed by atoms with Gasteiger partial charge in [0.25, 0.3) is 5.69 Å². The number of nitrogens with one attached hydrogen (secondary N) is 2. The molecule has 2 rings (SSSR count). The Balaban J connectivity index is 1.92. The normalized spacial score (nSPS) is 11.1.